The molecule has 2 unspecified atom stereocenters. The summed E-state index contributed by atoms with van der Waals surface area (Å²) in [6.45, 7) is 6.83. The van der Waals surface area contributed by atoms with Crippen LogP contribution in [0.5, 0.6) is 0 Å². The van der Waals surface area contributed by atoms with Gasteiger partial charge in [0.05, 0.1) is 6.61 Å². The van der Waals surface area contributed by atoms with Gasteiger partial charge in [0.15, 0.2) is 6.29 Å². The fourth-order valence-electron chi connectivity index (χ4n) is 1.98. The van der Waals surface area contributed by atoms with E-state index in [1.165, 1.54) is 12.8 Å². The van der Waals surface area contributed by atoms with E-state index in [0.29, 0.717) is 25.6 Å². The normalized spacial score (nSPS) is 14.1. The molecule has 0 rings (SSSR count). The number of hydrogen-bond donors (Lipinski definition) is 0. The first-order valence-corrected chi connectivity index (χ1v) is 7.44. The van der Waals surface area contributed by atoms with Crippen LogP contribution in [0.15, 0.2) is 0 Å². The summed E-state index contributed by atoms with van der Waals surface area (Å²) in [5.41, 5.74) is 0. The zero-order chi connectivity index (χ0) is 14.5. The van der Waals surface area contributed by atoms with E-state index >= 15 is 0 Å². The van der Waals surface area contributed by atoms with Crippen molar-refractivity contribution in [2.24, 2.45) is 5.92 Å². The Morgan fingerprint density at radius 1 is 1.11 bits per heavy atom. The van der Waals surface area contributed by atoms with Crippen LogP contribution in [0.2, 0.25) is 0 Å². The van der Waals surface area contributed by atoms with Crippen LogP contribution in [-0.4, -0.2) is 32.6 Å². The zero-order valence-electron chi connectivity index (χ0n) is 12.9. The Hall–Kier alpha value is -0.610. The lowest BCUT2D eigenvalue weighted by atomic mass is 9.94. The largest absolute Gasteiger partial charge is 0.463 e. The number of esters is 1. The van der Waals surface area contributed by atoms with Crippen LogP contribution in [-0.2, 0) is 19.0 Å². The summed E-state index contributed by atoms with van der Waals surface area (Å²) in [5, 5.41) is 0. The minimum atomic E-state index is -0.254. The molecule has 0 saturated carbocycles. The van der Waals surface area contributed by atoms with Crippen molar-refractivity contribution in [2.45, 2.75) is 65.6 Å². The van der Waals surface area contributed by atoms with Crippen molar-refractivity contribution in [2.75, 3.05) is 20.3 Å². The molecule has 4 nitrogen and oxygen atoms in total. The molecule has 114 valence electrons. The standard InChI is InChI=1S/C15H30O4/c1-5-7-9-14(8-6-2)12-15(16)19-11-10-18-13(3)17-4/h13-14H,5-12H2,1-4H3. The topological polar surface area (TPSA) is 44.8 Å². The maximum absolute atomic E-state index is 11.7. The molecule has 19 heavy (non-hydrogen) atoms. The molecule has 2 atom stereocenters. The average Bonchev–Trinajstić information content (AvgIpc) is 2.40. The van der Waals surface area contributed by atoms with Crippen LogP contribution in [0.1, 0.15) is 59.3 Å². The Labute approximate surface area is 117 Å². The maximum Gasteiger partial charge on any atom is 0.306 e. The van der Waals surface area contributed by atoms with Gasteiger partial charge < -0.3 is 14.2 Å². The molecule has 0 aromatic heterocycles. The third-order valence-corrected chi connectivity index (χ3v) is 3.15. The molecule has 0 aliphatic rings. The summed E-state index contributed by atoms with van der Waals surface area (Å²) in [7, 11) is 1.58. The lowest BCUT2D eigenvalue weighted by molar-refractivity contribution is -0.153. The molecule has 0 saturated heterocycles. The molecule has 0 amide bonds. The highest BCUT2D eigenvalue weighted by atomic mass is 16.7. The van der Waals surface area contributed by atoms with Crippen LogP contribution in [0.4, 0.5) is 0 Å². The van der Waals surface area contributed by atoms with Crippen LogP contribution < -0.4 is 0 Å². The van der Waals surface area contributed by atoms with Crippen molar-refractivity contribution < 1.29 is 19.0 Å². The first-order chi connectivity index (χ1) is 9.13. The predicted octanol–water partition coefficient (Wildman–Crippen LogP) is 3.54. The monoisotopic (exact) mass is 274 g/mol. The second-order valence-electron chi connectivity index (χ2n) is 4.90. The first kappa shape index (κ1) is 18.4. The molecular formula is C15H30O4. The van der Waals surface area contributed by atoms with Gasteiger partial charge in [-0.2, -0.15) is 0 Å². The predicted molar refractivity (Wildman–Crippen MR) is 75.9 cm³/mol. The number of unbranched alkanes of at least 4 members (excludes halogenated alkanes) is 1. The quantitative estimate of drug-likeness (QED) is 0.310. The minimum absolute atomic E-state index is 0.108. The van der Waals surface area contributed by atoms with Crippen molar-refractivity contribution in [3.8, 4) is 0 Å². The van der Waals surface area contributed by atoms with E-state index in [2.05, 4.69) is 13.8 Å². The van der Waals surface area contributed by atoms with Crippen LogP contribution in [0.25, 0.3) is 0 Å². The van der Waals surface area contributed by atoms with Crippen molar-refractivity contribution >= 4 is 5.97 Å². The SMILES string of the molecule is CCCCC(CCC)CC(=O)OCCOC(C)OC. The smallest absolute Gasteiger partial charge is 0.306 e. The van der Waals surface area contributed by atoms with E-state index in [4.69, 9.17) is 14.2 Å². The molecule has 0 fully saturated rings. The van der Waals surface area contributed by atoms with Gasteiger partial charge in [0.2, 0.25) is 0 Å². The summed E-state index contributed by atoms with van der Waals surface area (Å²) < 4.78 is 15.4. The molecule has 0 radical (unpaired) electrons. The van der Waals surface area contributed by atoms with Gasteiger partial charge in [0.1, 0.15) is 6.61 Å². The average molecular weight is 274 g/mol. The van der Waals surface area contributed by atoms with Crippen LogP contribution >= 0.6 is 0 Å². The zero-order valence-corrected chi connectivity index (χ0v) is 12.9. The highest BCUT2D eigenvalue weighted by molar-refractivity contribution is 5.69. The van der Waals surface area contributed by atoms with Gasteiger partial charge in [0.25, 0.3) is 0 Å². The summed E-state index contributed by atoms with van der Waals surface area (Å²) in [5.74, 6) is 0.361. The van der Waals surface area contributed by atoms with Gasteiger partial charge in [-0.1, -0.05) is 39.5 Å². The van der Waals surface area contributed by atoms with E-state index in [1.54, 1.807) is 7.11 Å². The maximum atomic E-state index is 11.7. The number of methoxy groups -OCH3 is 1. The summed E-state index contributed by atoms with van der Waals surface area (Å²) in [6.07, 6.45) is 5.99. The molecular weight excluding hydrogens is 244 g/mol. The number of hydrogen-bond acceptors (Lipinski definition) is 4. The molecule has 0 bridgehead atoms. The summed E-state index contributed by atoms with van der Waals surface area (Å²) in [4.78, 5) is 11.7. The first-order valence-electron chi connectivity index (χ1n) is 7.44. The molecule has 0 aromatic carbocycles. The molecule has 0 aliphatic heterocycles. The minimum Gasteiger partial charge on any atom is -0.463 e. The number of rotatable bonds is 12. The van der Waals surface area contributed by atoms with Gasteiger partial charge >= 0.3 is 5.97 Å². The number of carbonyl (C=O) groups is 1. The second kappa shape index (κ2) is 12.4. The lowest BCUT2D eigenvalue weighted by Crippen LogP contribution is -2.18. The van der Waals surface area contributed by atoms with Gasteiger partial charge in [0, 0.05) is 13.5 Å². The van der Waals surface area contributed by atoms with E-state index in [-0.39, 0.29) is 12.3 Å². The molecule has 0 N–H and O–H groups in total. The van der Waals surface area contributed by atoms with Crippen molar-refractivity contribution in [1.29, 1.82) is 0 Å². The van der Waals surface area contributed by atoms with E-state index in [9.17, 15) is 4.79 Å². The molecule has 0 heterocycles. The van der Waals surface area contributed by atoms with E-state index < -0.39 is 0 Å². The Kier molecular flexibility index (Phi) is 12.0. The van der Waals surface area contributed by atoms with Gasteiger partial charge in [-0.3, -0.25) is 4.79 Å². The highest BCUT2D eigenvalue weighted by Crippen LogP contribution is 2.19. The van der Waals surface area contributed by atoms with Crippen molar-refractivity contribution in [1.82, 2.24) is 0 Å². The molecule has 0 aliphatic carbocycles. The number of carbonyl (C=O) groups excluding carboxylic acids is 1. The van der Waals surface area contributed by atoms with E-state index in [1.807, 2.05) is 6.92 Å². The van der Waals surface area contributed by atoms with Gasteiger partial charge in [-0.15, -0.1) is 0 Å². The third-order valence-electron chi connectivity index (χ3n) is 3.15. The fraction of sp³-hybridized carbons (Fsp3) is 0.933. The Morgan fingerprint density at radius 3 is 2.42 bits per heavy atom. The lowest BCUT2D eigenvalue weighted by Gasteiger charge is -2.15. The van der Waals surface area contributed by atoms with Gasteiger partial charge in [-0.05, 0) is 19.3 Å². The van der Waals surface area contributed by atoms with E-state index in [0.717, 1.165) is 19.3 Å². The second-order valence-corrected chi connectivity index (χ2v) is 4.90. The van der Waals surface area contributed by atoms with Crippen LogP contribution in [0.3, 0.4) is 0 Å². The molecule has 0 aromatic rings. The van der Waals surface area contributed by atoms with Crippen molar-refractivity contribution in [3.63, 3.8) is 0 Å². The fourth-order valence-corrected chi connectivity index (χ4v) is 1.98. The van der Waals surface area contributed by atoms with Crippen molar-refractivity contribution in [3.05, 3.63) is 0 Å². The molecule has 0 spiro atoms. The number of ether oxygens (including phenoxy) is 3. The Balaban J connectivity index is 3.73. The van der Waals surface area contributed by atoms with Crippen LogP contribution in [0, 0.1) is 5.92 Å². The summed E-state index contributed by atoms with van der Waals surface area (Å²) >= 11 is 0. The highest BCUT2D eigenvalue weighted by Gasteiger charge is 2.13. The summed E-state index contributed by atoms with van der Waals surface area (Å²) in [6, 6.07) is 0. The van der Waals surface area contributed by atoms with Gasteiger partial charge in [-0.25, -0.2) is 0 Å². The molecule has 4 heteroatoms. The Bertz CT molecular complexity index is 218. The Morgan fingerprint density at radius 2 is 1.84 bits per heavy atom. The third kappa shape index (κ3) is 11.0.